The van der Waals surface area contributed by atoms with Gasteiger partial charge in [-0.15, -0.1) is 0 Å². The van der Waals surface area contributed by atoms with E-state index < -0.39 is 5.41 Å². The molecular weight excluding hydrogens is 346 g/mol. The highest BCUT2D eigenvalue weighted by molar-refractivity contribution is 5.95. The van der Waals surface area contributed by atoms with E-state index in [-0.39, 0.29) is 11.8 Å². The van der Waals surface area contributed by atoms with Crippen molar-refractivity contribution in [2.75, 3.05) is 58.4 Å². The number of carbonyl (C=O) groups is 2. The minimum Gasteiger partial charge on any atom is -0.384 e. The van der Waals surface area contributed by atoms with Crippen LogP contribution in [0.4, 0.5) is 5.69 Å². The summed E-state index contributed by atoms with van der Waals surface area (Å²) in [5, 5.41) is 6.31. The molecule has 148 valence electrons. The van der Waals surface area contributed by atoms with Crippen LogP contribution in [0.5, 0.6) is 0 Å². The third kappa shape index (κ3) is 5.06. The van der Waals surface area contributed by atoms with Crippen LogP contribution in [-0.4, -0.2) is 69.8 Å². The van der Waals surface area contributed by atoms with Crippen molar-refractivity contribution in [3.8, 4) is 0 Å². The Labute approximate surface area is 160 Å². The highest BCUT2D eigenvalue weighted by atomic mass is 16.5. The molecule has 3 rings (SSSR count). The number of amides is 2. The van der Waals surface area contributed by atoms with Crippen molar-refractivity contribution in [2.24, 2.45) is 5.41 Å². The summed E-state index contributed by atoms with van der Waals surface area (Å²) in [4.78, 5) is 27.0. The van der Waals surface area contributed by atoms with Gasteiger partial charge in [0.1, 0.15) is 0 Å². The number of hydrogen-bond acceptors (Lipinski definition) is 5. The Bertz CT molecular complexity index is 630. The van der Waals surface area contributed by atoms with Crippen LogP contribution in [0.3, 0.4) is 0 Å². The second kappa shape index (κ2) is 9.30. The molecule has 2 heterocycles. The Hall–Kier alpha value is -1.96. The Morgan fingerprint density at radius 2 is 1.85 bits per heavy atom. The fourth-order valence-electron chi connectivity index (χ4n) is 3.69. The summed E-state index contributed by atoms with van der Waals surface area (Å²) in [6, 6.07) is 7.53. The summed E-state index contributed by atoms with van der Waals surface area (Å²) >= 11 is 0. The summed E-state index contributed by atoms with van der Waals surface area (Å²) in [6.07, 6.45) is 1.89. The zero-order chi connectivity index (χ0) is 19.1. The largest absolute Gasteiger partial charge is 0.384 e. The molecular formula is C20H29N3O4. The zero-order valence-corrected chi connectivity index (χ0v) is 16.0. The molecule has 1 aromatic rings. The van der Waals surface area contributed by atoms with E-state index in [1.165, 1.54) is 0 Å². The third-order valence-corrected chi connectivity index (χ3v) is 5.39. The SMILES string of the molecule is COCC1(C(=O)Nc2ccc(CC(=O)N3CCOCC3)cc2)CCNCC1. The molecule has 2 amide bonds. The van der Waals surface area contributed by atoms with E-state index in [0.29, 0.717) is 39.3 Å². The lowest BCUT2D eigenvalue weighted by atomic mass is 9.78. The van der Waals surface area contributed by atoms with E-state index in [2.05, 4.69) is 10.6 Å². The first-order chi connectivity index (χ1) is 13.1. The van der Waals surface area contributed by atoms with Crippen LogP contribution < -0.4 is 10.6 Å². The van der Waals surface area contributed by atoms with E-state index in [1.807, 2.05) is 29.2 Å². The molecule has 0 aromatic heterocycles. The maximum atomic E-state index is 12.9. The fourth-order valence-corrected chi connectivity index (χ4v) is 3.69. The zero-order valence-electron chi connectivity index (χ0n) is 16.0. The van der Waals surface area contributed by atoms with E-state index in [0.717, 1.165) is 37.2 Å². The lowest BCUT2D eigenvalue weighted by Gasteiger charge is -2.35. The van der Waals surface area contributed by atoms with Gasteiger partial charge >= 0.3 is 0 Å². The van der Waals surface area contributed by atoms with Crippen LogP contribution in [-0.2, 0) is 25.5 Å². The molecule has 2 N–H and O–H groups in total. The molecule has 27 heavy (non-hydrogen) atoms. The minimum absolute atomic E-state index is 0.00277. The molecule has 0 saturated carbocycles. The standard InChI is InChI=1S/C20H29N3O4/c1-26-15-20(6-8-21-9-7-20)19(25)22-17-4-2-16(3-5-17)14-18(24)23-10-12-27-13-11-23/h2-5,21H,6-15H2,1H3,(H,22,25). The maximum Gasteiger partial charge on any atom is 0.233 e. The van der Waals surface area contributed by atoms with Crippen molar-refractivity contribution in [2.45, 2.75) is 19.3 Å². The van der Waals surface area contributed by atoms with Gasteiger partial charge in [0.2, 0.25) is 11.8 Å². The number of nitrogens with zero attached hydrogens (tertiary/aromatic N) is 1. The van der Waals surface area contributed by atoms with Gasteiger partial charge < -0.3 is 25.0 Å². The van der Waals surface area contributed by atoms with Crippen LogP contribution in [0.1, 0.15) is 18.4 Å². The van der Waals surface area contributed by atoms with Gasteiger partial charge in [-0.1, -0.05) is 12.1 Å². The van der Waals surface area contributed by atoms with E-state index in [4.69, 9.17) is 9.47 Å². The van der Waals surface area contributed by atoms with Crippen LogP contribution in [0.15, 0.2) is 24.3 Å². The van der Waals surface area contributed by atoms with Gasteiger partial charge in [0.25, 0.3) is 0 Å². The Kier molecular flexibility index (Phi) is 6.82. The number of methoxy groups -OCH3 is 1. The molecule has 7 nitrogen and oxygen atoms in total. The summed E-state index contributed by atoms with van der Waals surface area (Å²) in [5.74, 6) is 0.117. The molecule has 2 saturated heterocycles. The van der Waals surface area contributed by atoms with Gasteiger partial charge in [0.05, 0.1) is 31.7 Å². The monoisotopic (exact) mass is 375 g/mol. The molecule has 0 atom stereocenters. The number of hydrogen-bond donors (Lipinski definition) is 2. The summed E-state index contributed by atoms with van der Waals surface area (Å²) in [7, 11) is 1.64. The van der Waals surface area contributed by atoms with E-state index in [9.17, 15) is 9.59 Å². The van der Waals surface area contributed by atoms with Gasteiger partial charge in [-0.2, -0.15) is 0 Å². The Balaban J connectivity index is 1.58. The number of nitrogens with one attached hydrogen (secondary N) is 2. The smallest absolute Gasteiger partial charge is 0.233 e. The number of carbonyl (C=O) groups excluding carboxylic acids is 2. The van der Waals surface area contributed by atoms with Gasteiger partial charge in [-0.25, -0.2) is 0 Å². The second-order valence-electron chi connectivity index (χ2n) is 7.28. The van der Waals surface area contributed by atoms with Crippen LogP contribution in [0.25, 0.3) is 0 Å². The van der Waals surface area contributed by atoms with Crippen molar-refractivity contribution in [3.05, 3.63) is 29.8 Å². The minimum atomic E-state index is -0.481. The first-order valence-electron chi connectivity index (χ1n) is 9.58. The van der Waals surface area contributed by atoms with Crippen molar-refractivity contribution in [1.82, 2.24) is 10.2 Å². The molecule has 7 heteroatoms. The van der Waals surface area contributed by atoms with Crippen molar-refractivity contribution in [3.63, 3.8) is 0 Å². The van der Waals surface area contributed by atoms with Crippen molar-refractivity contribution < 1.29 is 19.1 Å². The number of ether oxygens (including phenoxy) is 2. The Morgan fingerprint density at radius 1 is 1.19 bits per heavy atom. The lowest BCUT2D eigenvalue weighted by molar-refractivity contribution is -0.134. The van der Waals surface area contributed by atoms with Gasteiger partial charge in [-0.3, -0.25) is 9.59 Å². The molecule has 0 aliphatic carbocycles. The lowest BCUT2D eigenvalue weighted by Crippen LogP contribution is -2.47. The van der Waals surface area contributed by atoms with E-state index >= 15 is 0 Å². The summed E-state index contributed by atoms with van der Waals surface area (Å²) in [6.45, 7) is 4.59. The first kappa shape index (κ1) is 19.8. The van der Waals surface area contributed by atoms with Gasteiger partial charge in [0, 0.05) is 25.9 Å². The van der Waals surface area contributed by atoms with Gasteiger partial charge in [0.15, 0.2) is 0 Å². The normalized spacial score (nSPS) is 19.5. The van der Waals surface area contributed by atoms with Crippen LogP contribution >= 0.6 is 0 Å². The highest BCUT2D eigenvalue weighted by Crippen LogP contribution is 2.31. The van der Waals surface area contributed by atoms with Gasteiger partial charge in [-0.05, 0) is 43.6 Å². The van der Waals surface area contributed by atoms with E-state index in [1.54, 1.807) is 7.11 Å². The Morgan fingerprint density at radius 3 is 2.48 bits per heavy atom. The van der Waals surface area contributed by atoms with Crippen molar-refractivity contribution in [1.29, 1.82) is 0 Å². The van der Waals surface area contributed by atoms with Crippen molar-refractivity contribution >= 4 is 17.5 Å². The fraction of sp³-hybridized carbons (Fsp3) is 0.600. The molecule has 0 bridgehead atoms. The molecule has 2 aliphatic heterocycles. The highest BCUT2D eigenvalue weighted by Gasteiger charge is 2.39. The molecule has 0 spiro atoms. The average Bonchev–Trinajstić information content (AvgIpc) is 2.71. The average molecular weight is 375 g/mol. The predicted octanol–water partition coefficient (Wildman–Crippen LogP) is 1.04. The number of rotatable bonds is 6. The van der Waals surface area contributed by atoms with Crippen LogP contribution in [0, 0.1) is 5.41 Å². The second-order valence-corrected chi connectivity index (χ2v) is 7.28. The third-order valence-electron chi connectivity index (χ3n) is 5.39. The topological polar surface area (TPSA) is 79.9 Å². The number of anilines is 1. The van der Waals surface area contributed by atoms with Crippen LogP contribution in [0.2, 0.25) is 0 Å². The summed E-state index contributed by atoms with van der Waals surface area (Å²) < 4.78 is 10.6. The molecule has 0 radical (unpaired) electrons. The molecule has 0 unspecified atom stereocenters. The molecule has 2 aliphatic rings. The molecule has 2 fully saturated rings. The maximum absolute atomic E-state index is 12.9. The number of morpholine rings is 1. The predicted molar refractivity (Wildman–Crippen MR) is 103 cm³/mol. The number of piperidine rings is 1. The number of benzene rings is 1. The first-order valence-corrected chi connectivity index (χ1v) is 9.58. The quantitative estimate of drug-likeness (QED) is 0.777. The molecule has 1 aromatic carbocycles. The summed E-state index contributed by atoms with van der Waals surface area (Å²) in [5.41, 5.74) is 1.21.